The molecule has 0 amide bonds. The Morgan fingerprint density at radius 3 is 2.32 bits per heavy atom. The van der Waals surface area contributed by atoms with Crippen LogP contribution in [0.3, 0.4) is 0 Å². The smallest absolute Gasteiger partial charge is 0.360 e. The Morgan fingerprint density at radius 2 is 1.64 bits per heavy atom. The monoisotopic (exact) mass is 335 g/mol. The second-order valence-electron chi connectivity index (χ2n) is 6.24. The minimum absolute atomic E-state index is 0.218. The molecule has 128 valence electrons. The van der Waals surface area contributed by atoms with Gasteiger partial charge in [0.25, 0.3) is 0 Å². The first kappa shape index (κ1) is 16.9. The molecule has 1 N–H and O–H groups in total. The Kier molecular flexibility index (Phi) is 5.23. The van der Waals surface area contributed by atoms with Crippen LogP contribution < -0.4 is 5.32 Å². The van der Waals surface area contributed by atoms with E-state index in [1.54, 1.807) is 0 Å². The van der Waals surface area contributed by atoms with Crippen molar-refractivity contribution in [3.05, 3.63) is 65.9 Å². The molecule has 1 aromatic heterocycles. The van der Waals surface area contributed by atoms with Gasteiger partial charge >= 0.3 is 5.97 Å². The SMILES string of the molecule is CC(C)COC(=O)c1nc2ccccc2nc1NCc1ccccc1. The number of carbonyl (C=O) groups excluding carboxylic acids is 1. The average molecular weight is 335 g/mol. The van der Waals surface area contributed by atoms with E-state index in [-0.39, 0.29) is 11.6 Å². The van der Waals surface area contributed by atoms with E-state index in [1.165, 1.54) is 0 Å². The summed E-state index contributed by atoms with van der Waals surface area (Å²) in [6.45, 7) is 4.89. The lowest BCUT2D eigenvalue weighted by atomic mass is 10.2. The number of anilines is 1. The highest BCUT2D eigenvalue weighted by molar-refractivity contribution is 5.95. The van der Waals surface area contributed by atoms with Gasteiger partial charge in [-0.1, -0.05) is 56.3 Å². The van der Waals surface area contributed by atoms with Crippen LogP contribution in [-0.2, 0) is 11.3 Å². The topological polar surface area (TPSA) is 64.1 Å². The summed E-state index contributed by atoms with van der Waals surface area (Å²) in [5.74, 6) is 0.247. The van der Waals surface area contributed by atoms with Crippen LogP contribution in [0.4, 0.5) is 5.82 Å². The summed E-state index contributed by atoms with van der Waals surface area (Å²) in [7, 11) is 0. The second-order valence-corrected chi connectivity index (χ2v) is 6.24. The third-order valence-corrected chi connectivity index (χ3v) is 3.61. The van der Waals surface area contributed by atoms with Gasteiger partial charge < -0.3 is 10.1 Å². The van der Waals surface area contributed by atoms with Crippen molar-refractivity contribution < 1.29 is 9.53 Å². The van der Waals surface area contributed by atoms with E-state index in [0.717, 1.165) is 11.1 Å². The van der Waals surface area contributed by atoms with E-state index in [4.69, 9.17) is 4.74 Å². The van der Waals surface area contributed by atoms with Crippen LogP contribution >= 0.6 is 0 Å². The number of esters is 1. The lowest BCUT2D eigenvalue weighted by Gasteiger charge is -2.12. The summed E-state index contributed by atoms with van der Waals surface area (Å²) in [5.41, 5.74) is 2.72. The molecule has 0 bridgehead atoms. The maximum atomic E-state index is 12.5. The average Bonchev–Trinajstić information content (AvgIpc) is 2.64. The van der Waals surface area contributed by atoms with Gasteiger partial charge in [-0.15, -0.1) is 0 Å². The molecule has 0 saturated heterocycles. The molecule has 25 heavy (non-hydrogen) atoms. The Morgan fingerprint density at radius 1 is 1.00 bits per heavy atom. The third-order valence-electron chi connectivity index (χ3n) is 3.61. The van der Waals surface area contributed by atoms with Gasteiger partial charge in [-0.2, -0.15) is 0 Å². The molecule has 5 nitrogen and oxygen atoms in total. The van der Waals surface area contributed by atoms with Crippen LogP contribution in [0, 0.1) is 5.92 Å². The van der Waals surface area contributed by atoms with Crippen molar-refractivity contribution in [2.45, 2.75) is 20.4 Å². The number of aromatic nitrogens is 2. The molecule has 0 aliphatic carbocycles. The fraction of sp³-hybridized carbons (Fsp3) is 0.250. The minimum atomic E-state index is -0.456. The predicted molar refractivity (Wildman–Crippen MR) is 98.4 cm³/mol. The number of ether oxygens (including phenoxy) is 1. The molecule has 0 spiro atoms. The summed E-state index contributed by atoms with van der Waals surface area (Å²) in [6.07, 6.45) is 0. The van der Waals surface area contributed by atoms with Crippen molar-refractivity contribution >= 4 is 22.8 Å². The fourth-order valence-corrected chi connectivity index (χ4v) is 2.36. The molecule has 0 aliphatic rings. The zero-order valence-corrected chi connectivity index (χ0v) is 14.4. The summed E-state index contributed by atoms with van der Waals surface area (Å²) < 4.78 is 5.35. The van der Waals surface area contributed by atoms with Crippen LogP contribution in [0.2, 0.25) is 0 Å². The number of nitrogens with one attached hydrogen (secondary N) is 1. The number of hydrogen-bond donors (Lipinski definition) is 1. The second kappa shape index (κ2) is 7.75. The molecular formula is C20H21N3O2. The molecule has 3 aromatic rings. The summed E-state index contributed by atoms with van der Waals surface area (Å²) in [6, 6.07) is 17.4. The highest BCUT2D eigenvalue weighted by atomic mass is 16.5. The quantitative estimate of drug-likeness (QED) is 0.688. The van der Waals surface area contributed by atoms with Gasteiger partial charge in [0.1, 0.15) is 0 Å². The summed E-state index contributed by atoms with van der Waals surface area (Å²) >= 11 is 0. The highest BCUT2D eigenvalue weighted by Crippen LogP contribution is 2.19. The number of hydrogen-bond acceptors (Lipinski definition) is 5. The van der Waals surface area contributed by atoms with Crippen molar-refractivity contribution in [3.8, 4) is 0 Å². The Labute approximate surface area is 147 Å². The molecule has 0 saturated carbocycles. The largest absolute Gasteiger partial charge is 0.461 e. The Bertz CT molecular complexity index is 863. The number of nitrogens with zero attached hydrogens (tertiary/aromatic N) is 2. The van der Waals surface area contributed by atoms with Crippen molar-refractivity contribution in [2.75, 3.05) is 11.9 Å². The van der Waals surface area contributed by atoms with Gasteiger partial charge in [0.05, 0.1) is 17.6 Å². The van der Waals surface area contributed by atoms with E-state index in [1.807, 2.05) is 68.4 Å². The van der Waals surface area contributed by atoms with Gasteiger partial charge in [0, 0.05) is 6.54 Å². The van der Waals surface area contributed by atoms with Gasteiger partial charge in [0.2, 0.25) is 0 Å². The van der Waals surface area contributed by atoms with Gasteiger partial charge in [-0.25, -0.2) is 14.8 Å². The zero-order chi connectivity index (χ0) is 17.6. The molecular weight excluding hydrogens is 314 g/mol. The lowest BCUT2D eigenvalue weighted by Crippen LogP contribution is -2.16. The van der Waals surface area contributed by atoms with Crippen molar-refractivity contribution in [1.29, 1.82) is 0 Å². The van der Waals surface area contributed by atoms with Crippen molar-refractivity contribution in [2.24, 2.45) is 5.92 Å². The number of para-hydroxylation sites is 2. The lowest BCUT2D eigenvalue weighted by molar-refractivity contribution is 0.0453. The predicted octanol–water partition coefficient (Wildman–Crippen LogP) is 4.05. The van der Waals surface area contributed by atoms with Crippen molar-refractivity contribution in [1.82, 2.24) is 9.97 Å². The Hall–Kier alpha value is -2.95. The molecule has 3 rings (SSSR count). The number of fused-ring (bicyclic) bond motifs is 1. The molecule has 5 heteroatoms. The van der Waals surface area contributed by atoms with Crippen LogP contribution in [0.5, 0.6) is 0 Å². The molecule has 2 aromatic carbocycles. The molecule has 0 atom stereocenters. The minimum Gasteiger partial charge on any atom is -0.461 e. The van der Waals surface area contributed by atoms with Gasteiger partial charge in [-0.3, -0.25) is 0 Å². The zero-order valence-electron chi connectivity index (χ0n) is 14.4. The number of carbonyl (C=O) groups is 1. The molecule has 0 unspecified atom stereocenters. The van der Waals surface area contributed by atoms with Gasteiger partial charge in [0.15, 0.2) is 11.5 Å². The van der Waals surface area contributed by atoms with Crippen LogP contribution in [0.15, 0.2) is 54.6 Å². The maximum absolute atomic E-state index is 12.5. The van der Waals surface area contributed by atoms with Crippen LogP contribution in [-0.4, -0.2) is 22.5 Å². The molecule has 1 heterocycles. The van der Waals surface area contributed by atoms with E-state index < -0.39 is 5.97 Å². The van der Waals surface area contributed by atoms with E-state index in [0.29, 0.717) is 24.5 Å². The van der Waals surface area contributed by atoms with E-state index >= 15 is 0 Å². The third kappa shape index (κ3) is 4.32. The summed E-state index contributed by atoms with van der Waals surface area (Å²) in [4.78, 5) is 21.5. The van der Waals surface area contributed by atoms with Gasteiger partial charge in [-0.05, 0) is 23.6 Å². The van der Waals surface area contributed by atoms with Crippen LogP contribution in [0.1, 0.15) is 29.9 Å². The maximum Gasteiger partial charge on any atom is 0.360 e. The molecule has 0 radical (unpaired) electrons. The number of benzene rings is 2. The summed E-state index contributed by atoms with van der Waals surface area (Å²) in [5, 5.41) is 3.22. The van der Waals surface area contributed by atoms with E-state index in [2.05, 4.69) is 15.3 Å². The van der Waals surface area contributed by atoms with E-state index in [9.17, 15) is 4.79 Å². The normalized spacial score (nSPS) is 10.8. The highest BCUT2D eigenvalue weighted by Gasteiger charge is 2.18. The van der Waals surface area contributed by atoms with Crippen LogP contribution in [0.25, 0.3) is 11.0 Å². The van der Waals surface area contributed by atoms with Crippen molar-refractivity contribution in [3.63, 3.8) is 0 Å². The standard InChI is InChI=1S/C20H21N3O2/c1-14(2)13-25-20(24)18-19(21-12-15-8-4-3-5-9-15)23-17-11-7-6-10-16(17)22-18/h3-11,14H,12-13H2,1-2H3,(H,21,23). The molecule has 0 fully saturated rings. The molecule has 0 aliphatic heterocycles. The Balaban J connectivity index is 1.90. The fourth-order valence-electron chi connectivity index (χ4n) is 2.36. The first-order chi connectivity index (χ1) is 12.1. The first-order valence-corrected chi connectivity index (χ1v) is 8.35. The first-order valence-electron chi connectivity index (χ1n) is 8.35. The number of rotatable bonds is 6.